The van der Waals surface area contributed by atoms with Crippen LogP contribution in [0, 0.1) is 6.92 Å². The van der Waals surface area contributed by atoms with E-state index in [1.807, 2.05) is 12.4 Å². The number of hydrogen-bond acceptors (Lipinski definition) is 1. The summed E-state index contributed by atoms with van der Waals surface area (Å²) < 4.78 is 0. The molecule has 1 N–H and O–H groups in total. The van der Waals surface area contributed by atoms with Crippen molar-refractivity contribution >= 4 is 12.2 Å². The number of nitrogens with one attached hydrogen (secondary N) is 1. The molecular weight excluding hydrogens is 146 g/mol. The third kappa shape index (κ3) is 1.26. The maximum atomic E-state index is 3.05. The van der Waals surface area contributed by atoms with Crippen LogP contribution in [0.1, 0.15) is 16.7 Å². The van der Waals surface area contributed by atoms with Crippen LogP contribution < -0.4 is 5.32 Å². The minimum absolute atomic E-state index is 1.27. The molecule has 60 valence electrons. The second-order valence-corrected chi connectivity index (χ2v) is 2.97. The minimum atomic E-state index is 1.27. The highest BCUT2D eigenvalue weighted by atomic mass is 14.8. The third-order valence-corrected chi connectivity index (χ3v) is 1.96. The number of aryl methyl sites for hydroxylation is 1. The maximum Gasteiger partial charge on any atom is 0.00106 e. The average molecular weight is 157 g/mol. The van der Waals surface area contributed by atoms with Gasteiger partial charge < -0.3 is 5.32 Å². The van der Waals surface area contributed by atoms with Gasteiger partial charge in [-0.15, -0.1) is 0 Å². The molecule has 0 bridgehead atoms. The zero-order valence-corrected chi connectivity index (χ0v) is 7.04. The van der Waals surface area contributed by atoms with Crippen LogP contribution in [0.5, 0.6) is 0 Å². The van der Waals surface area contributed by atoms with Gasteiger partial charge in [0.2, 0.25) is 0 Å². The molecule has 0 saturated heterocycles. The van der Waals surface area contributed by atoms with E-state index in [1.54, 1.807) is 0 Å². The zero-order chi connectivity index (χ0) is 8.39. The molecule has 0 saturated carbocycles. The molecule has 1 aliphatic heterocycles. The number of fused-ring (bicyclic) bond motifs is 1. The van der Waals surface area contributed by atoms with Gasteiger partial charge in [-0.05, 0) is 30.2 Å². The van der Waals surface area contributed by atoms with Crippen LogP contribution in [0.25, 0.3) is 12.2 Å². The van der Waals surface area contributed by atoms with E-state index in [0.29, 0.717) is 0 Å². The van der Waals surface area contributed by atoms with Crippen molar-refractivity contribution in [2.45, 2.75) is 6.92 Å². The predicted molar refractivity (Wildman–Crippen MR) is 52.4 cm³/mol. The summed E-state index contributed by atoms with van der Waals surface area (Å²) in [5.74, 6) is 0. The zero-order valence-electron chi connectivity index (χ0n) is 7.04. The Morgan fingerprint density at radius 3 is 2.58 bits per heavy atom. The number of rotatable bonds is 0. The molecule has 1 heteroatoms. The second kappa shape index (κ2) is 2.86. The fraction of sp³-hybridized carbons (Fsp3) is 0.0909. The Hall–Kier alpha value is -1.50. The average Bonchev–Trinajstić information content (AvgIpc) is 2.28. The minimum Gasteiger partial charge on any atom is -0.368 e. The van der Waals surface area contributed by atoms with Crippen LogP contribution in [-0.2, 0) is 0 Å². The molecular formula is C11H11N. The van der Waals surface area contributed by atoms with E-state index in [9.17, 15) is 0 Å². The molecule has 1 nitrogen and oxygen atoms in total. The molecule has 0 atom stereocenters. The van der Waals surface area contributed by atoms with Gasteiger partial charge in [0.05, 0.1) is 0 Å². The molecule has 1 aromatic rings. The number of benzene rings is 1. The summed E-state index contributed by atoms with van der Waals surface area (Å²) >= 11 is 0. The standard InChI is InChI=1S/C11H11N/c1-9-2-3-10-4-6-12-7-5-11(10)8-9/h2-8,12H,1H3. The van der Waals surface area contributed by atoms with Crippen molar-refractivity contribution in [1.82, 2.24) is 5.32 Å². The van der Waals surface area contributed by atoms with Gasteiger partial charge in [0.15, 0.2) is 0 Å². The maximum absolute atomic E-state index is 3.05. The highest BCUT2D eigenvalue weighted by molar-refractivity contribution is 5.67. The van der Waals surface area contributed by atoms with Gasteiger partial charge >= 0.3 is 0 Å². The molecule has 1 heterocycles. The number of hydrogen-bond donors (Lipinski definition) is 1. The van der Waals surface area contributed by atoms with Crippen molar-refractivity contribution in [2.24, 2.45) is 0 Å². The Balaban J connectivity index is 2.58. The normalized spacial score (nSPS) is 13.4. The Morgan fingerprint density at radius 1 is 1.00 bits per heavy atom. The first kappa shape index (κ1) is 7.17. The van der Waals surface area contributed by atoms with Crippen molar-refractivity contribution < 1.29 is 0 Å². The van der Waals surface area contributed by atoms with E-state index in [-0.39, 0.29) is 0 Å². The van der Waals surface area contributed by atoms with Crippen molar-refractivity contribution in [3.05, 3.63) is 47.3 Å². The Kier molecular flexibility index (Phi) is 1.71. The van der Waals surface area contributed by atoms with Gasteiger partial charge in [-0.2, -0.15) is 0 Å². The van der Waals surface area contributed by atoms with Crippen molar-refractivity contribution in [1.29, 1.82) is 0 Å². The molecule has 0 unspecified atom stereocenters. The topological polar surface area (TPSA) is 12.0 Å². The van der Waals surface area contributed by atoms with Gasteiger partial charge in [0.1, 0.15) is 0 Å². The van der Waals surface area contributed by atoms with Crippen LogP contribution in [0.15, 0.2) is 30.6 Å². The summed E-state index contributed by atoms with van der Waals surface area (Å²) in [5.41, 5.74) is 3.84. The van der Waals surface area contributed by atoms with Crippen molar-refractivity contribution in [3.63, 3.8) is 0 Å². The van der Waals surface area contributed by atoms with Gasteiger partial charge in [-0.25, -0.2) is 0 Å². The Morgan fingerprint density at radius 2 is 1.75 bits per heavy atom. The monoisotopic (exact) mass is 157 g/mol. The van der Waals surface area contributed by atoms with Gasteiger partial charge in [0.25, 0.3) is 0 Å². The van der Waals surface area contributed by atoms with Crippen LogP contribution in [0.2, 0.25) is 0 Å². The first-order valence-corrected chi connectivity index (χ1v) is 4.06. The molecule has 0 amide bonds. The summed E-state index contributed by atoms with van der Waals surface area (Å²) in [4.78, 5) is 0. The quantitative estimate of drug-likeness (QED) is 0.610. The molecule has 0 spiro atoms. The first-order valence-electron chi connectivity index (χ1n) is 4.06. The Labute approximate surface area is 72.4 Å². The molecule has 2 rings (SSSR count). The summed E-state index contributed by atoms with van der Waals surface area (Å²) in [5, 5.41) is 3.05. The van der Waals surface area contributed by atoms with Gasteiger partial charge in [-0.3, -0.25) is 0 Å². The molecule has 0 aliphatic carbocycles. The molecule has 1 aromatic carbocycles. The smallest absolute Gasteiger partial charge is 0.00106 e. The molecule has 0 radical (unpaired) electrons. The van der Waals surface area contributed by atoms with Crippen LogP contribution in [0.4, 0.5) is 0 Å². The van der Waals surface area contributed by atoms with E-state index in [4.69, 9.17) is 0 Å². The Bertz CT molecular complexity index is 348. The summed E-state index contributed by atoms with van der Waals surface area (Å²) in [6.07, 6.45) is 8.05. The van der Waals surface area contributed by atoms with E-state index >= 15 is 0 Å². The molecule has 1 aliphatic rings. The first-order chi connectivity index (χ1) is 5.86. The third-order valence-electron chi connectivity index (χ3n) is 1.96. The van der Waals surface area contributed by atoms with E-state index in [0.717, 1.165) is 0 Å². The second-order valence-electron chi connectivity index (χ2n) is 2.97. The van der Waals surface area contributed by atoms with Crippen LogP contribution in [0.3, 0.4) is 0 Å². The largest absolute Gasteiger partial charge is 0.368 e. The summed E-state index contributed by atoms with van der Waals surface area (Å²) in [6, 6.07) is 6.45. The molecule has 0 fully saturated rings. The lowest BCUT2D eigenvalue weighted by Crippen LogP contribution is -1.87. The van der Waals surface area contributed by atoms with Crippen LogP contribution in [-0.4, -0.2) is 0 Å². The van der Waals surface area contributed by atoms with Crippen molar-refractivity contribution in [2.75, 3.05) is 0 Å². The van der Waals surface area contributed by atoms with E-state index in [1.165, 1.54) is 16.7 Å². The molecule has 12 heavy (non-hydrogen) atoms. The van der Waals surface area contributed by atoms with E-state index < -0.39 is 0 Å². The van der Waals surface area contributed by atoms with Gasteiger partial charge in [-0.1, -0.05) is 23.8 Å². The summed E-state index contributed by atoms with van der Waals surface area (Å²) in [6.45, 7) is 2.11. The highest BCUT2D eigenvalue weighted by Gasteiger charge is 1.97. The van der Waals surface area contributed by atoms with E-state index in [2.05, 4.69) is 42.6 Å². The van der Waals surface area contributed by atoms with Crippen molar-refractivity contribution in [3.8, 4) is 0 Å². The predicted octanol–water partition coefficient (Wildman–Crippen LogP) is 2.54. The fourth-order valence-corrected chi connectivity index (χ4v) is 1.32. The van der Waals surface area contributed by atoms with Crippen LogP contribution >= 0.6 is 0 Å². The lowest BCUT2D eigenvalue weighted by atomic mass is 10.0. The van der Waals surface area contributed by atoms with Gasteiger partial charge in [0, 0.05) is 12.4 Å². The highest BCUT2D eigenvalue weighted by Crippen LogP contribution is 2.16. The fourth-order valence-electron chi connectivity index (χ4n) is 1.32. The lowest BCUT2D eigenvalue weighted by Gasteiger charge is -2.00. The summed E-state index contributed by atoms with van der Waals surface area (Å²) in [7, 11) is 0. The lowest BCUT2D eigenvalue weighted by molar-refractivity contribution is 1.22. The molecule has 0 aromatic heterocycles. The SMILES string of the molecule is Cc1ccc2c(c1)C=CNC=C2.